The number of hydrogen-bond donors (Lipinski definition) is 1. The Balaban J connectivity index is 0.00000288. The molecular weight excluding hydrogens is 324 g/mol. The van der Waals surface area contributed by atoms with Gasteiger partial charge >= 0.3 is 0 Å². The summed E-state index contributed by atoms with van der Waals surface area (Å²) in [6, 6.07) is 13.0. The fraction of sp³-hybridized carbons (Fsp3) is 0.105. The van der Waals surface area contributed by atoms with Crippen LogP contribution in [-0.2, 0) is 9.59 Å². The Morgan fingerprint density at radius 2 is 1.75 bits per heavy atom. The van der Waals surface area contributed by atoms with E-state index in [1.165, 1.54) is 0 Å². The number of ketones is 1. The van der Waals surface area contributed by atoms with Crippen LogP contribution >= 0.6 is 12.4 Å². The monoisotopic (exact) mass is 342 g/mol. The van der Waals surface area contributed by atoms with Gasteiger partial charge in [0.15, 0.2) is 0 Å². The molecule has 1 aromatic heterocycles. The molecule has 0 atom stereocenters. The predicted molar refractivity (Wildman–Crippen MR) is 99.9 cm³/mol. The van der Waals surface area contributed by atoms with Gasteiger partial charge in [-0.15, -0.1) is 12.4 Å². The van der Waals surface area contributed by atoms with Crippen molar-refractivity contribution in [2.24, 2.45) is 0 Å². The lowest BCUT2D eigenvalue weighted by atomic mass is 10.2. The molecule has 124 valence electrons. The van der Waals surface area contributed by atoms with E-state index >= 15 is 0 Å². The van der Waals surface area contributed by atoms with Crippen LogP contribution in [0.1, 0.15) is 24.6 Å². The number of nitrogens with zero attached hydrogens (tertiary/aromatic N) is 1. The number of Topliss-reactive ketones (excluding diaryl/α,β-unsaturated/α-hetero) is 1. The number of amides is 1. The van der Waals surface area contributed by atoms with Gasteiger partial charge in [0.05, 0.1) is 5.69 Å². The van der Waals surface area contributed by atoms with Crippen molar-refractivity contribution in [3.8, 4) is 0 Å². The highest BCUT2D eigenvalue weighted by Gasteiger charge is 2.10. The van der Waals surface area contributed by atoms with Crippen molar-refractivity contribution in [1.29, 1.82) is 0 Å². The Labute approximate surface area is 147 Å². The highest BCUT2D eigenvalue weighted by molar-refractivity contribution is 6.40. The molecule has 24 heavy (non-hydrogen) atoms. The molecule has 1 N–H and O–H groups in total. The average Bonchev–Trinajstić information content (AvgIpc) is 2.60. The van der Waals surface area contributed by atoms with Crippen molar-refractivity contribution in [2.75, 3.05) is 5.32 Å². The number of carbonyl (C=O) groups excluding carboxylic acids is 2. The van der Waals surface area contributed by atoms with Crippen LogP contribution in [0.5, 0.6) is 0 Å². The van der Waals surface area contributed by atoms with E-state index in [9.17, 15) is 9.59 Å². The minimum absolute atomic E-state index is 0. The number of aromatic nitrogens is 1. The Hall–Kier alpha value is -2.72. The number of carbonyl (C=O) groups is 2. The molecule has 0 aliphatic rings. The second-order valence-electron chi connectivity index (χ2n) is 4.83. The molecule has 0 fully saturated rings. The van der Waals surface area contributed by atoms with Crippen LogP contribution in [0.25, 0.3) is 12.2 Å². The van der Waals surface area contributed by atoms with Gasteiger partial charge in [-0.1, -0.05) is 43.4 Å². The summed E-state index contributed by atoms with van der Waals surface area (Å²) in [5.41, 5.74) is 2.50. The third-order valence-electron chi connectivity index (χ3n) is 3.10. The SMILES string of the molecule is CCC(=O)C(=O)Nc1ccc(/C=C/C=C/c2ccccn2)cc1.Cl. The van der Waals surface area contributed by atoms with Gasteiger partial charge in [-0.05, 0) is 35.9 Å². The van der Waals surface area contributed by atoms with Crippen LogP contribution < -0.4 is 5.32 Å². The maximum atomic E-state index is 11.5. The third kappa shape index (κ3) is 6.18. The predicted octanol–water partition coefficient (Wildman–Crippen LogP) is 4.15. The molecule has 0 saturated carbocycles. The number of pyridine rings is 1. The first-order valence-corrected chi connectivity index (χ1v) is 7.39. The summed E-state index contributed by atoms with van der Waals surface area (Å²) in [4.78, 5) is 26.9. The fourth-order valence-corrected chi connectivity index (χ4v) is 1.83. The topological polar surface area (TPSA) is 59.1 Å². The second-order valence-corrected chi connectivity index (χ2v) is 4.83. The number of rotatable bonds is 6. The number of nitrogens with one attached hydrogen (secondary N) is 1. The van der Waals surface area contributed by atoms with Crippen LogP contribution in [0, 0.1) is 0 Å². The van der Waals surface area contributed by atoms with Crippen LogP contribution in [0.4, 0.5) is 5.69 Å². The Bertz CT molecular complexity index is 723. The van der Waals surface area contributed by atoms with Crippen molar-refractivity contribution in [3.05, 3.63) is 72.1 Å². The van der Waals surface area contributed by atoms with Crippen LogP contribution in [0.3, 0.4) is 0 Å². The average molecular weight is 343 g/mol. The molecule has 1 amide bonds. The number of halogens is 1. The summed E-state index contributed by atoms with van der Waals surface area (Å²) in [7, 11) is 0. The van der Waals surface area contributed by atoms with E-state index in [0.717, 1.165) is 11.3 Å². The fourth-order valence-electron chi connectivity index (χ4n) is 1.83. The first-order valence-electron chi connectivity index (χ1n) is 7.39. The normalized spacial score (nSPS) is 10.5. The highest BCUT2D eigenvalue weighted by atomic mass is 35.5. The molecule has 1 heterocycles. The summed E-state index contributed by atoms with van der Waals surface area (Å²) < 4.78 is 0. The molecule has 0 spiro atoms. The lowest BCUT2D eigenvalue weighted by molar-refractivity contribution is -0.134. The number of allylic oxidation sites excluding steroid dienone is 2. The zero-order valence-electron chi connectivity index (χ0n) is 13.3. The zero-order valence-corrected chi connectivity index (χ0v) is 14.1. The Kier molecular flexibility index (Phi) is 8.16. The molecule has 0 aliphatic heterocycles. The maximum Gasteiger partial charge on any atom is 0.291 e. The molecule has 0 saturated heterocycles. The summed E-state index contributed by atoms with van der Waals surface area (Å²) in [5, 5.41) is 2.57. The first kappa shape index (κ1) is 19.3. The maximum absolute atomic E-state index is 11.5. The highest BCUT2D eigenvalue weighted by Crippen LogP contribution is 2.11. The minimum atomic E-state index is -0.575. The van der Waals surface area contributed by atoms with Gasteiger partial charge in [-0.2, -0.15) is 0 Å². The number of benzene rings is 1. The molecular formula is C19H19ClN2O2. The van der Waals surface area contributed by atoms with Crippen LogP contribution in [-0.4, -0.2) is 16.7 Å². The molecule has 2 aromatic rings. The summed E-state index contributed by atoms with van der Waals surface area (Å²) in [5.74, 6) is -0.997. The summed E-state index contributed by atoms with van der Waals surface area (Å²) in [6.07, 6.45) is 9.65. The van der Waals surface area contributed by atoms with Gasteiger partial charge in [0.1, 0.15) is 0 Å². The molecule has 1 aromatic carbocycles. The van der Waals surface area contributed by atoms with Gasteiger partial charge in [0.2, 0.25) is 5.78 Å². The first-order chi connectivity index (χ1) is 11.2. The van der Waals surface area contributed by atoms with Crippen molar-refractivity contribution >= 4 is 41.9 Å². The van der Waals surface area contributed by atoms with Gasteiger partial charge in [0.25, 0.3) is 5.91 Å². The lowest BCUT2D eigenvalue weighted by Crippen LogP contribution is -2.21. The van der Waals surface area contributed by atoms with Crippen LogP contribution in [0.15, 0.2) is 60.8 Å². The summed E-state index contributed by atoms with van der Waals surface area (Å²) >= 11 is 0. The third-order valence-corrected chi connectivity index (χ3v) is 3.10. The Morgan fingerprint density at radius 3 is 2.38 bits per heavy atom. The van der Waals surface area contributed by atoms with E-state index in [0.29, 0.717) is 5.69 Å². The van der Waals surface area contributed by atoms with Gasteiger partial charge in [-0.25, -0.2) is 0 Å². The van der Waals surface area contributed by atoms with E-state index in [1.54, 1.807) is 25.3 Å². The summed E-state index contributed by atoms with van der Waals surface area (Å²) in [6.45, 7) is 1.66. The van der Waals surface area contributed by atoms with Gasteiger partial charge in [-0.3, -0.25) is 14.6 Å². The van der Waals surface area contributed by atoms with E-state index in [-0.39, 0.29) is 18.8 Å². The molecule has 0 bridgehead atoms. The minimum Gasteiger partial charge on any atom is -0.319 e. The second kappa shape index (κ2) is 10.1. The van der Waals surface area contributed by atoms with E-state index in [1.807, 2.05) is 54.6 Å². The van der Waals surface area contributed by atoms with Gasteiger partial charge in [0, 0.05) is 18.3 Å². The molecule has 0 aliphatic carbocycles. The van der Waals surface area contributed by atoms with Crippen LogP contribution in [0.2, 0.25) is 0 Å². The lowest BCUT2D eigenvalue weighted by Gasteiger charge is -2.03. The van der Waals surface area contributed by atoms with Crippen molar-refractivity contribution in [1.82, 2.24) is 4.98 Å². The van der Waals surface area contributed by atoms with E-state index < -0.39 is 11.7 Å². The smallest absolute Gasteiger partial charge is 0.291 e. The van der Waals surface area contributed by atoms with Gasteiger partial charge < -0.3 is 5.32 Å². The number of anilines is 1. The van der Waals surface area contributed by atoms with Crippen molar-refractivity contribution in [2.45, 2.75) is 13.3 Å². The molecule has 0 unspecified atom stereocenters. The molecule has 2 rings (SSSR count). The van der Waals surface area contributed by atoms with Crippen molar-refractivity contribution < 1.29 is 9.59 Å². The Morgan fingerprint density at radius 1 is 1.04 bits per heavy atom. The molecule has 4 nitrogen and oxygen atoms in total. The molecule has 0 radical (unpaired) electrons. The molecule has 5 heteroatoms. The number of hydrogen-bond acceptors (Lipinski definition) is 3. The standard InChI is InChI=1S/C19H18N2O2.ClH/c1-2-18(22)19(23)21-17-12-10-15(11-13-17)7-3-4-8-16-9-5-6-14-20-16;/h3-14H,2H2,1H3,(H,21,23);1H/b7-3+,8-4+;. The van der Waals surface area contributed by atoms with E-state index in [4.69, 9.17) is 0 Å². The zero-order chi connectivity index (χ0) is 16.5. The quantitative estimate of drug-likeness (QED) is 0.633. The van der Waals surface area contributed by atoms with Crippen molar-refractivity contribution in [3.63, 3.8) is 0 Å². The van der Waals surface area contributed by atoms with E-state index in [2.05, 4.69) is 10.3 Å². The largest absolute Gasteiger partial charge is 0.319 e.